The molecule has 0 unspecified atom stereocenters. The Morgan fingerprint density at radius 1 is 1.24 bits per heavy atom. The molecule has 1 aliphatic heterocycles. The number of hydrogen-bond donors (Lipinski definition) is 1. The molecule has 1 aromatic carbocycles. The molecule has 1 saturated heterocycles. The van der Waals surface area contributed by atoms with Crippen molar-refractivity contribution in [1.82, 2.24) is 10.3 Å². The first kappa shape index (κ1) is 19.3. The summed E-state index contributed by atoms with van der Waals surface area (Å²) in [7, 11) is 0. The highest BCUT2D eigenvalue weighted by atomic mass is 32.1. The van der Waals surface area contributed by atoms with Crippen LogP contribution in [0.15, 0.2) is 48.1 Å². The highest BCUT2D eigenvalue weighted by Gasteiger charge is 2.26. The van der Waals surface area contributed by atoms with E-state index in [-0.39, 0.29) is 22.4 Å². The van der Waals surface area contributed by atoms with Crippen molar-refractivity contribution in [2.75, 3.05) is 24.5 Å². The minimum absolute atomic E-state index is 0.0144. The number of rotatable bonds is 6. The number of aromatic nitrogens is 1. The van der Waals surface area contributed by atoms with Gasteiger partial charge in [-0.1, -0.05) is 6.07 Å². The molecule has 0 aliphatic carbocycles. The van der Waals surface area contributed by atoms with Gasteiger partial charge in [-0.2, -0.15) is 0 Å². The van der Waals surface area contributed by atoms with Crippen molar-refractivity contribution < 1.29 is 9.72 Å². The van der Waals surface area contributed by atoms with E-state index >= 15 is 0 Å². The summed E-state index contributed by atoms with van der Waals surface area (Å²) in [5.74, 6) is 0.138. The molecule has 29 heavy (non-hydrogen) atoms. The monoisotopic (exact) mass is 410 g/mol. The van der Waals surface area contributed by atoms with Crippen molar-refractivity contribution >= 4 is 39.4 Å². The zero-order chi connectivity index (χ0) is 20.2. The molecule has 3 heterocycles. The summed E-state index contributed by atoms with van der Waals surface area (Å²) >= 11 is 1.71. The average Bonchev–Trinajstić information content (AvgIpc) is 3.26. The number of fused-ring (bicyclic) bond motifs is 1. The number of amides is 1. The van der Waals surface area contributed by atoms with Gasteiger partial charge in [-0.05, 0) is 42.8 Å². The van der Waals surface area contributed by atoms with Crippen LogP contribution in [0.5, 0.6) is 0 Å². The van der Waals surface area contributed by atoms with Gasteiger partial charge in [0, 0.05) is 60.0 Å². The van der Waals surface area contributed by atoms with Gasteiger partial charge in [0.25, 0.3) is 5.69 Å². The Kier molecular flexibility index (Phi) is 5.71. The molecule has 1 fully saturated rings. The quantitative estimate of drug-likeness (QED) is 0.493. The van der Waals surface area contributed by atoms with Crippen LogP contribution in [0.2, 0.25) is 0 Å². The lowest BCUT2D eigenvalue weighted by atomic mass is 9.95. The van der Waals surface area contributed by atoms with Crippen LogP contribution in [-0.4, -0.2) is 35.4 Å². The minimum Gasteiger partial charge on any atom is -0.371 e. The van der Waals surface area contributed by atoms with Crippen LogP contribution in [0.3, 0.4) is 0 Å². The van der Waals surface area contributed by atoms with Crippen LogP contribution in [0.25, 0.3) is 10.8 Å². The Morgan fingerprint density at radius 3 is 2.79 bits per heavy atom. The Balaban J connectivity index is 1.39. The zero-order valence-electron chi connectivity index (χ0n) is 15.9. The predicted molar refractivity (Wildman–Crippen MR) is 114 cm³/mol. The van der Waals surface area contributed by atoms with E-state index in [1.165, 1.54) is 4.88 Å². The second-order valence-electron chi connectivity index (χ2n) is 7.16. The number of benzene rings is 1. The fraction of sp³-hybridized carbons (Fsp3) is 0.333. The van der Waals surface area contributed by atoms with Crippen molar-refractivity contribution in [3.05, 3.63) is 63.1 Å². The van der Waals surface area contributed by atoms with E-state index in [2.05, 4.69) is 21.3 Å². The molecule has 0 bridgehead atoms. The fourth-order valence-corrected chi connectivity index (χ4v) is 4.59. The van der Waals surface area contributed by atoms with E-state index in [0.29, 0.717) is 11.9 Å². The SMILES string of the molecule is O=C(NCCc1cccs1)C1CCN(c2ccc([N+](=O)[O-])c3cnccc23)CC1. The first-order valence-electron chi connectivity index (χ1n) is 9.69. The highest BCUT2D eigenvalue weighted by molar-refractivity contribution is 7.09. The van der Waals surface area contributed by atoms with Gasteiger partial charge in [-0.15, -0.1) is 11.3 Å². The number of anilines is 1. The van der Waals surface area contributed by atoms with Gasteiger partial charge in [0.2, 0.25) is 5.91 Å². The largest absolute Gasteiger partial charge is 0.371 e. The van der Waals surface area contributed by atoms with Crippen molar-refractivity contribution in [1.29, 1.82) is 0 Å². The first-order chi connectivity index (χ1) is 14.1. The number of carbonyl (C=O) groups is 1. The van der Waals surface area contributed by atoms with E-state index in [4.69, 9.17) is 0 Å². The molecule has 0 spiro atoms. The van der Waals surface area contributed by atoms with Gasteiger partial charge in [0.05, 0.1) is 10.3 Å². The third kappa shape index (κ3) is 4.22. The van der Waals surface area contributed by atoms with E-state index < -0.39 is 0 Å². The normalized spacial score (nSPS) is 14.8. The molecule has 1 amide bonds. The molecule has 0 atom stereocenters. The maximum Gasteiger partial charge on any atom is 0.278 e. The summed E-state index contributed by atoms with van der Waals surface area (Å²) in [5.41, 5.74) is 1.03. The Morgan fingerprint density at radius 2 is 2.07 bits per heavy atom. The topological polar surface area (TPSA) is 88.4 Å². The molecule has 1 aliphatic rings. The number of carbonyl (C=O) groups excluding carboxylic acids is 1. The Hall–Kier alpha value is -3.00. The van der Waals surface area contributed by atoms with Gasteiger partial charge in [-0.3, -0.25) is 19.9 Å². The molecular weight excluding hydrogens is 388 g/mol. The van der Waals surface area contributed by atoms with Crippen LogP contribution in [0.1, 0.15) is 17.7 Å². The summed E-state index contributed by atoms with van der Waals surface area (Å²) in [6.45, 7) is 2.16. The summed E-state index contributed by atoms with van der Waals surface area (Å²) in [5, 5.41) is 17.8. The van der Waals surface area contributed by atoms with Gasteiger partial charge < -0.3 is 10.2 Å². The summed E-state index contributed by atoms with van der Waals surface area (Å²) < 4.78 is 0. The van der Waals surface area contributed by atoms with E-state index in [9.17, 15) is 14.9 Å². The average molecular weight is 410 g/mol. The van der Waals surface area contributed by atoms with E-state index in [0.717, 1.165) is 43.4 Å². The van der Waals surface area contributed by atoms with Crippen LogP contribution >= 0.6 is 11.3 Å². The number of thiophene rings is 1. The van der Waals surface area contributed by atoms with Gasteiger partial charge in [0.1, 0.15) is 0 Å². The highest BCUT2D eigenvalue weighted by Crippen LogP contribution is 2.34. The lowest BCUT2D eigenvalue weighted by Gasteiger charge is -2.33. The van der Waals surface area contributed by atoms with Gasteiger partial charge in [0.15, 0.2) is 0 Å². The molecule has 1 N–H and O–H groups in total. The summed E-state index contributed by atoms with van der Waals surface area (Å²) in [6.07, 6.45) is 5.61. The third-order valence-corrected chi connectivity index (χ3v) is 6.36. The number of nitrogens with one attached hydrogen (secondary N) is 1. The van der Waals surface area contributed by atoms with Crippen molar-refractivity contribution in [3.8, 4) is 0 Å². The number of nitro groups is 1. The Bertz CT molecular complexity index is 1010. The second kappa shape index (κ2) is 8.57. The third-order valence-electron chi connectivity index (χ3n) is 5.43. The smallest absolute Gasteiger partial charge is 0.278 e. The van der Waals surface area contributed by atoms with Crippen LogP contribution in [0, 0.1) is 16.0 Å². The van der Waals surface area contributed by atoms with Crippen LogP contribution < -0.4 is 10.2 Å². The lowest BCUT2D eigenvalue weighted by Crippen LogP contribution is -2.41. The van der Waals surface area contributed by atoms with Crippen LogP contribution in [-0.2, 0) is 11.2 Å². The molecule has 0 saturated carbocycles. The minimum atomic E-state index is -0.374. The molecule has 3 aromatic rings. The molecule has 7 nitrogen and oxygen atoms in total. The molecule has 150 valence electrons. The predicted octanol–water partition coefficient (Wildman–Crippen LogP) is 3.78. The zero-order valence-corrected chi connectivity index (χ0v) is 16.7. The van der Waals surface area contributed by atoms with Crippen molar-refractivity contribution in [3.63, 3.8) is 0 Å². The number of nitro benzene ring substituents is 1. The van der Waals surface area contributed by atoms with Gasteiger partial charge >= 0.3 is 0 Å². The van der Waals surface area contributed by atoms with Crippen molar-refractivity contribution in [2.45, 2.75) is 19.3 Å². The molecular formula is C21H22N4O3S. The first-order valence-corrected chi connectivity index (χ1v) is 10.6. The summed E-state index contributed by atoms with van der Waals surface area (Å²) in [4.78, 5) is 31.0. The summed E-state index contributed by atoms with van der Waals surface area (Å²) in [6, 6.07) is 9.28. The Labute approximate surface area is 172 Å². The molecule has 8 heteroatoms. The van der Waals surface area contributed by atoms with Crippen LogP contribution in [0.4, 0.5) is 11.4 Å². The second-order valence-corrected chi connectivity index (χ2v) is 8.20. The number of piperidine rings is 1. The lowest BCUT2D eigenvalue weighted by molar-refractivity contribution is -0.383. The van der Waals surface area contributed by atoms with E-state index in [1.54, 1.807) is 29.8 Å². The number of hydrogen-bond acceptors (Lipinski definition) is 6. The molecule has 4 rings (SSSR count). The standard InChI is InChI=1S/C21H22N4O3S/c26-21(23-10-5-16-2-1-13-29-16)15-7-11-24(12-8-15)19-3-4-20(25(27)28)18-14-22-9-6-17(18)19/h1-4,6,9,13-15H,5,7-8,10-12H2,(H,23,26). The maximum atomic E-state index is 12.5. The molecule has 0 radical (unpaired) electrons. The number of nitrogens with zero attached hydrogens (tertiary/aromatic N) is 3. The van der Waals surface area contributed by atoms with Gasteiger partial charge in [-0.25, -0.2) is 0 Å². The number of non-ortho nitro benzene ring substituents is 1. The maximum absolute atomic E-state index is 12.5. The van der Waals surface area contributed by atoms with E-state index in [1.807, 2.05) is 23.6 Å². The fourth-order valence-electron chi connectivity index (χ4n) is 3.88. The number of pyridine rings is 1. The van der Waals surface area contributed by atoms with Crippen molar-refractivity contribution in [2.24, 2.45) is 5.92 Å². The molecule has 2 aromatic heterocycles.